The van der Waals surface area contributed by atoms with Crippen LogP contribution < -0.4 is 0 Å². The molecule has 7 heteroatoms. The van der Waals surface area contributed by atoms with Gasteiger partial charge in [0.2, 0.25) is 0 Å². The molecule has 0 fully saturated rings. The second-order valence-corrected chi connectivity index (χ2v) is 9.01. The number of alkyl halides is 3. The number of benzene rings is 1. The lowest BCUT2D eigenvalue weighted by Crippen LogP contribution is -2.42. The molecule has 0 saturated carbocycles. The monoisotopic (exact) mass is 385 g/mol. The summed E-state index contributed by atoms with van der Waals surface area (Å²) in [7, 11) is -0.523. The predicted octanol–water partition coefficient (Wildman–Crippen LogP) is 4.75. The van der Waals surface area contributed by atoms with E-state index in [2.05, 4.69) is 15.9 Å². The van der Waals surface area contributed by atoms with Crippen LogP contribution >= 0.6 is 15.9 Å². The fourth-order valence-electron chi connectivity index (χ4n) is 1.97. The van der Waals surface area contributed by atoms with E-state index in [0.717, 1.165) is 8.78 Å². The summed E-state index contributed by atoms with van der Waals surface area (Å²) in [6, 6.07) is 2.56. The Labute approximate surface area is 134 Å². The highest BCUT2D eigenvalue weighted by Gasteiger charge is 2.46. The molecule has 0 aliphatic heterocycles. The molecule has 0 saturated heterocycles. The highest BCUT2D eigenvalue weighted by atomic mass is 79.9. The van der Waals surface area contributed by atoms with Gasteiger partial charge in [0.25, 0.3) is 0 Å². The zero-order chi connectivity index (χ0) is 16.6. The van der Waals surface area contributed by atoms with Crippen LogP contribution in [0.4, 0.5) is 13.2 Å². The fourth-order valence-corrected chi connectivity index (χ4v) is 3.51. The van der Waals surface area contributed by atoms with E-state index < -0.39 is 28.0 Å². The maximum Gasteiger partial charge on any atom is 0.409 e. The normalized spacial score (nSPS) is 16.1. The van der Waals surface area contributed by atoms with E-state index in [4.69, 9.17) is 0 Å². The van der Waals surface area contributed by atoms with Gasteiger partial charge >= 0.3 is 6.18 Å². The number of nitrogens with zero attached hydrogens (tertiary/aromatic N) is 1. The molecule has 1 aromatic rings. The third-order valence-electron chi connectivity index (χ3n) is 2.96. The summed E-state index contributed by atoms with van der Waals surface area (Å²) in [4.78, 5) is 0. The van der Waals surface area contributed by atoms with E-state index >= 15 is 0 Å². The molecule has 2 atom stereocenters. The Morgan fingerprint density at radius 1 is 1.24 bits per heavy atom. The molecular formula is C14H19BrF3NOS. The van der Waals surface area contributed by atoms with Crippen molar-refractivity contribution in [1.29, 1.82) is 0 Å². The van der Waals surface area contributed by atoms with Gasteiger partial charge in [0, 0.05) is 11.5 Å². The summed E-state index contributed by atoms with van der Waals surface area (Å²) < 4.78 is 53.5. The topological polar surface area (TPSA) is 20.3 Å². The Bertz CT molecular complexity index is 540. The van der Waals surface area contributed by atoms with Crippen molar-refractivity contribution in [3.63, 3.8) is 0 Å². The Kier molecular flexibility index (Phi) is 5.67. The van der Waals surface area contributed by atoms with Crippen molar-refractivity contribution >= 4 is 26.9 Å². The first kappa shape index (κ1) is 18.6. The van der Waals surface area contributed by atoms with E-state index in [1.54, 1.807) is 33.8 Å². The lowest BCUT2D eigenvalue weighted by Gasteiger charge is -2.33. The minimum atomic E-state index is -4.50. The van der Waals surface area contributed by atoms with Crippen LogP contribution in [0, 0.1) is 6.92 Å². The molecule has 0 radical (unpaired) electrons. The minimum absolute atomic E-state index is 0.0864. The molecule has 0 spiro atoms. The molecule has 0 aliphatic carbocycles. The number of hydrogen-bond donors (Lipinski definition) is 0. The second-order valence-electron chi connectivity index (χ2n) is 5.86. The smallest absolute Gasteiger partial charge is 0.242 e. The number of hydrogen-bond acceptors (Lipinski definition) is 1. The van der Waals surface area contributed by atoms with Crippen LogP contribution in [0.15, 0.2) is 22.7 Å². The maximum absolute atomic E-state index is 13.4. The van der Waals surface area contributed by atoms with E-state index in [0.29, 0.717) is 5.56 Å². The van der Waals surface area contributed by atoms with Crippen LogP contribution in [-0.4, -0.2) is 26.5 Å². The molecule has 0 aromatic heterocycles. The standard InChI is InChI=1S/C14H19BrF3NOS/c1-9-8-10(6-7-11(9)15)12(14(16,17)18)19(5)21(20)13(2,3)4/h6-8,12H,1-5H3/t12-,21+/m0/s1. The molecule has 0 aliphatic rings. The van der Waals surface area contributed by atoms with Gasteiger partial charge in [0.05, 0.1) is 4.75 Å². The van der Waals surface area contributed by atoms with Gasteiger partial charge in [-0.1, -0.05) is 28.1 Å². The molecule has 0 heterocycles. The first-order valence-electron chi connectivity index (χ1n) is 6.33. The second kappa shape index (κ2) is 6.38. The number of aryl methyl sites for hydroxylation is 1. The molecule has 0 N–H and O–H groups in total. The van der Waals surface area contributed by atoms with Gasteiger partial charge in [-0.2, -0.15) is 13.2 Å². The zero-order valence-corrected chi connectivity index (χ0v) is 15.0. The first-order chi connectivity index (χ1) is 9.35. The summed E-state index contributed by atoms with van der Waals surface area (Å²) in [6.07, 6.45) is -4.50. The fraction of sp³-hybridized carbons (Fsp3) is 0.571. The van der Waals surface area contributed by atoms with Crippen LogP contribution in [0.3, 0.4) is 0 Å². The molecule has 120 valence electrons. The minimum Gasteiger partial charge on any atom is -0.242 e. The maximum atomic E-state index is 13.4. The average molecular weight is 386 g/mol. The van der Waals surface area contributed by atoms with Crippen molar-refractivity contribution in [3.05, 3.63) is 33.8 Å². The Hall–Kier alpha value is -0.400. The van der Waals surface area contributed by atoms with E-state index in [1.807, 2.05) is 0 Å². The highest BCUT2D eigenvalue weighted by molar-refractivity contribution is 9.10. The van der Waals surface area contributed by atoms with Gasteiger partial charge in [0.1, 0.15) is 17.0 Å². The van der Waals surface area contributed by atoms with Crippen LogP contribution in [0.1, 0.15) is 37.9 Å². The summed E-state index contributed by atoms with van der Waals surface area (Å²) in [5.74, 6) is 0. The van der Waals surface area contributed by atoms with Crippen molar-refractivity contribution in [2.75, 3.05) is 7.05 Å². The van der Waals surface area contributed by atoms with Crippen LogP contribution in [0.2, 0.25) is 0 Å². The Morgan fingerprint density at radius 2 is 1.76 bits per heavy atom. The van der Waals surface area contributed by atoms with Gasteiger partial charge in [-0.3, -0.25) is 0 Å². The molecule has 1 aromatic carbocycles. The van der Waals surface area contributed by atoms with E-state index in [-0.39, 0.29) is 5.56 Å². The van der Waals surface area contributed by atoms with Gasteiger partial charge in [0.15, 0.2) is 0 Å². The lowest BCUT2D eigenvalue weighted by molar-refractivity contribution is -0.170. The van der Waals surface area contributed by atoms with Crippen LogP contribution in [0.25, 0.3) is 0 Å². The lowest BCUT2D eigenvalue weighted by atomic mass is 10.0. The Morgan fingerprint density at radius 3 is 2.14 bits per heavy atom. The van der Waals surface area contributed by atoms with Gasteiger partial charge in [-0.15, -0.1) is 0 Å². The van der Waals surface area contributed by atoms with E-state index in [1.165, 1.54) is 19.2 Å². The SMILES string of the molecule is Cc1cc([C@H](N(C)[S@](=O)C(C)(C)C)C(F)(F)F)ccc1Br. The van der Waals surface area contributed by atoms with Gasteiger partial charge < -0.3 is 0 Å². The average Bonchev–Trinajstić information content (AvgIpc) is 2.30. The summed E-state index contributed by atoms with van der Waals surface area (Å²) in [6.45, 7) is 6.68. The molecule has 0 amide bonds. The largest absolute Gasteiger partial charge is 0.409 e. The first-order valence-corrected chi connectivity index (χ1v) is 8.23. The summed E-state index contributed by atoms with van der Waals surface area (Å²) in [5, 5.41) is 0. The zero-order valence-electron chi connectivity index (χ0n) is 12.6. The van der Waals surface area contributed by atoms with Gasteiger partial charge in [-0.05, 0) is 44.9 Å². The summed E-state index contributed by atoms with van der Waals surface area (Å²) in [5.41, 5.74) is 0.792. The molecule has 2 nitrogen and oxygen atoms in total. The predicted molar refractivity (Wildman–Crippen MR) is 83.3 cm³/mol. The summed E-state index contributed by atoms with van der Waals surface area (Å²) >= 11 is 3.27. The molecule has 0 bridgehead atoms. The molecule has 21 heavy (non-hydrogen) atoms. The Balaban J connectivity index is 3.30. The van der Waals surface area contributed by atoms with Crippen molar-refractivity contribution in [3.8, 4) is 0 Å². The molecule has 1 rings (SSSR count). The number of halogens is 4. The third-order valence-corrected chi connectivity index (χ3v) is 5.63. The number of rotatable bonds is 3. The highest BCUT2D eigenvalue weighted by Crippen LogP contribution is 2.40. The van der Waals surface area contributed by atoms with Crippen molar-refractivity contribution < 1.29 is 17.4 Å². The van der Waals surface area contributed by atoms with Crippen LogP contribution in [0.5, 0.6) is 0 Å². The third kappa shape index (κ3) is 4.53. The molecule has 0 unspecified atom stereocenters. The van der Waals surface area contributed by atoms with Crippen molar-refractivity contribution in [2.45, 2.75) is 44.7 Å². The van der Waals surface area contributed by atoms with Crippen molar-refractivity contribution in [2.24, 2.45) is 0 Å². The quantitative estimate of drug-likeness (QED) is 0.734. The molecular weight excluding hydrogens is 367 g/mol. The van der Waals surface area contributed by atoms with Gasteiger partial charge in [-0.25, -0.2) is 8.51 Å². The van der Waals surface area contributed by atoms with Crippen molar-refractivity contribution in [1.82, 2.24) is 4.31 Å². The van der Waals surface area contributed by atoms with Crippen LogP contribution in [-0.2, 0) is 11.0 Å². The van der Waals surface area contributed by atoms with E-state index in [9.17, 15) is 17.4 Å².